The summed E-state index contributed by atoms with van der Waals surface area (Å²) >= 11 is 0. The van der Waals surface area contributed by atoms with Crippen molar-refractivity contribution in [3.8, 4) is 5.75 Å². The van der Waals surface area contributed by atoms with Crippen LogP contribution in [-0.4, -0.2) is 22.5 Å². The van der Waals surface area contributed by atoms with E-state index in [4.69, 9.17) is 9.52 Å². The molecule has 0 aliphatic heterocycles. The molecular weight excluding hydrogens is 195 g/mol. The first-order valence-electron chi connectivity index (χ1n) is 3.90. The minimum absolute atomic E-state index is 0. The summed E-state index contributed by atoms with van der Waals surface area (Å²) in [6, 6.07) is 6.15. The van der Waals surface area contributed by atoms with Crippen LogP contribution < -0.4 is 5.63 Å². The van der Waals surface area contributed by atoms with Gasteiger partial charge in [-0.3, -0.25) is 0 Å². The van der Waals surface area contributed by atoms with Crippen LogP contribution in [0.25, 0.3) is 11.0 Å². The van der Waals surface area contributed by atoms with Crippen molar-refractivity contribution in [2.24, 2.45) is 0 Å². The Bertz CT molecular complexity index is 516. The molecule has 0 aliphatic carbocycles. The van der Waals surface area contributed by atoms with E-state index in [0.29, 0.717) is 5.58 Å². The molecule has 2 aromatic rings. The van der Waals surface area contributed by atoms with Gasteiger partial charge in [0.15, 0.2) is 17.4 Å². The summed E-state index contributed by atoms with van der Waals surface area (Å²) in [4.78, 5) is 11.0. The van der Waals surface area contributed by atoms with Crippen LogP contribution in [0.1, 0.15) is 5.56 Å². The molecule has 0 unspecified atom stereocenters. The van der Waals surface area contributed by atoms with Crippen molar-refractivity contribution in [1.29, 1.82) is 0 Å². The third-order valence-electron chi connectivity index (χ3n) is 1.93. The van der Waals surface area contributed by atoms with E-state index in [9.17, 15) is 4.79 Å². The number of hydrogen-bond acceptors (Lipinski definition) is 3. The minimum atomic E-state index is -0.393. The number of fused-ring (bicyclic) bond motifs is 1. The number of aryl methyl sites for hydroxylation is 1. The van der Waals surface area contributed by atoms with E-state index in [-0.39, 0.29) is 23.1 Å². The summed E-state index contributed by atoms with van der Waals surface area (Å²) in [7, 11) is 0. The van der Waals surface area contributed by atoms with E-state index >= 15 is 0 Å². The summed E-state index contributed by atoms with van der Waals surface area (Å²) in [6.45, 7) is 1.83. The lowest BCUT2D eigenvalue weighted by molar-refractivity contribution is 0.473. The standard InChI is InChI=1S/C10H8O3.Al.3H/c1-6-4-10(12)13-9-5-7(11)2-3-8(6)9;;;;/h2-5,11H,1H3;;;;. The Hall–Kier alpha value is -1.24. The van der Waals surface area contributed by atoms with Crippen LogP contribution in [0.5, 0.6) is 5.75 Å². The molecule has 0 fully saturated rings. The quantitative estimate of drug-likeness (QED) is 0.508. The van der Waals surface area contributed by atoms with E-state index in [1.807, 2.05) is 6.92 Å². The first-order chi connectivity index (χ1) is 6.16. The summed E-state index contributed by atoms with van der Waals surface area (Å²) in [5.74, 6) is 0.0984. The van der Waals surface area contributed by atoms with Crippen molar-refractivity contribution in [1.82, 2.24) is 0 Å². The highest BCUT2D eigenvalue weighted by atomic mass is 27.0. The number of rotatable bonds is 0. The molecule has 1 N–H and O–H groups in total. The summed E-state index contributed by atoms with van der Waals surface area (Å²) in [5.41, 5.74) is 0.881. The Morgan fingerprint density at radius 3 is 2.71 bits per heavy atom. The van der Waals surface area contributed by atoms with Crippen LogP contribution in [0.3, 0.4) is 0 Å². The van der Waals surface area contributed by atoms with Gasteiger partial charge >= 0.3 is 5.63 Å². The minimum Gasteiger partial charge on any atom is -0.508 e. The molecule has 1 aromatic carbocycles. The van der Waals surface area contributed by atoms with Crippen molar-refractivity contribution in [2.75, 3.05) is 0 Å². The SMILES string of the molecule is Cc1cc(=O)oc2cc(O)ccc12.[AlH3]. The first-order valence-corrected chi connectivity index (χ1v) is 3.90. The predicted molar refractivity (Wildman–Crippen MR) is 58.8 cm³/mol. The molecule has 0 saturated heterocycles. The van der Waals surface area contributed by atoms with Gasteiger partial charge in [0.25, 0.3) is 0 Å². The maximum Gasteiger partial charge on any atom is 0.336 e. The van der Waals surface area contributed by atoms with Crippen molar-refractivity contribution < 1.29 is 9.52 Å². The Kier molecular flexibility index (Phi) is 3.00. The van der Waals surface area contributed by atoms with E-state index in [1.54, 1.807) is 12.1 Å². The average Bonchev–Trinajstić information content (AvgIpc) is 2.02. The maximum atomic E-state index is 11.0. The van der Waals surface area contributed by atoms with E-state index in [2.05, 4.69) is 0 Å². The van der Waals surface area contributed by atoms with Gasteiger partial charge in [0.2, 0.25) is 0 Å². The average molecular weight is 206 g/mol. The normalized spacial score (nSPS) is 9.79. The Labute approximate surface area is 91.1 Å². The predicted octanol–water partition coefficient (Wildman–Crippen LogP) is 0.623. The lowest BCUT2D eigenvalue weighted by atomic mass is 10.1. The van der Waals surface area contributed by atoms with Gasteiger partial charge in [-0.05, 0) is 24.6 Å². The van der Waals surface area contributed by atoms with Gasteiger partial charge in [-0.1, -0.05) is 0 Å². The van der Waals surface area contributed by atoms with Crippen LogP contribution in [0.2, 0.25) is 0 Å². The largest absolute Gasteiger partial charge is 0.508 e. The third-order valence-corrected chi connectivity index (χ3v) is 1.93. The fourth-order valence-electron chi connectivity index (χ4n) is 1.31. The number of aromatic hydroxyl groups is 1. The molecule has 0 aliphatic rings. The molecule has 0 bridgehead atoms. The summed E-state index contributed by atoms with van der Waals surface area (Å²) < 4.78 is 4.91. The fourth-order valence-corrected chi connectivity index (χ4v) is 1.31. The second-order valence-electron chi connectivity index (χ2n) is 2.93. The zero-order valence-electron chi connectivity index (χ0n) is 7.07. The second-order valence-corrected chi connectivity index (χ2v) is 2.93. The van der Waals surface area contributed by atoms with Crippen molar-refractivity contribution in [3.63, 3.8) is 0 Å². The highest BCUT2D eigenvalue weighted by Gasteiger charge is 2.01. The lowest BCUT2D eigenvalue weighted by Gasteiger charge is -1.99. The highest BCUT2D eigenvalue weighted by Crippen LogP contribution is 2.20. The number of phenols is 1. The zero-order valence-corrected chi connectivity index (χ0v) is 7.07. The molecule has 3 nitrogen and oxygen atoms in total. The molecular formula is C10H11AlO3. The molecule has 4 heteroatoms. The number of hydrogen-bond donors (Lipinski definition) is 1. The highest BCUT2D eigenvalue weighted by molar-refractivity contribution is 5.81. The first kappa shape index (κ1) is 10.8. The Morgan fingerprint density at radius 2 is 2.00 bits per heavy atom. The molecule has 2 rings (SSSR count). The fraction of sp³-hybridized carbons (Fsp3) is 0.100. The van der Waals surface area contributed by atoms with E-state index in [0.717, 1.165) is 10.9 Å². The third kappa shape index (κ3) is 1.82. The molecule has 0 spiro atoms. The molecule has 72 valence electrons. The van der Waals surface area contributed by atoms with Crippen LogP contribution in [-0.2, 0) is 0 Å². The summed E-state index contributed by atoms with van der Waals surface area (Å²) in [5, 5.41) is 9.99. The smallest absolute Gasteiger partial charge is 0.336 e. The molecule has 1 aromatic heterocycles. The van der Waals surface area contributed by atoms with Gasteiger partial charge in [0, 0.05) is 17.5 Å². The maximum absolute atomic E-state index is 11.0. The van der Waals surface area contributed by atoms with Crippen molar-refractivity contribution in [3.05, 3.63) is 40.2 Å². The zero-order chi connectivity index (χ0) is 9.42. The monoisotopic (exact) mass is 206 g/mol. The summed E-state index contributed by atoms with van der Waals surface area (Å²) in [6.07, 6.45) is 0. The topological polar surface area (TPSA) is 50.4 Å². The van der Waals surface area contributed by atoms with Gasteiger partial charge < -0.3 is 9.52 Å². The molecule has 0 saturated carbocycles. The Balaban J connectivity index is 0.000000980. The van der Waals surface area contributed by atoms with Crippen molar-refractivity contribution >= 4 is 28.3 Å². The van der Waals surface area contributed by atoms with Crippen molar-refractivity contribution in [2.45, 2.75) is 6.92 Å². The molecule has 1 heterocycles. The van der Waals surface area contributed by atoms with E-state index in [1.165, 1.54) is 12.1 Å². The molecule has 14 heavy (non-hydrogen) atoms. The molecule has 0 amide bonds. The number of benzene rings is 1. The Morgan fingerprint density at radius 1 is 1.29 bits per heavy atom. The van der Waals surface area contributed by atoms with Gasteiger partial charge in [-0.25, -0.2) is 4.79 Å². The lowest BCUT2D eigenvalue weighted by Crippen LogP contribution is -1.97. The van der Waals surface area contributed by atoms with E-state index < -0.39 is 5.63 Å². The second kappa shape index (κ2) is 3.87. The molecule has 0 radical (unpaired) electrons. The van der Waals surface area contributed by atoms with Gasteiger partial charge in [0.05, 0.1) is 0 Å². The van der Waals surface area contributed by atoms with Gasteiger partial charge in [-0.15, -0.1) is 0 Å². The van der Waals surface area contributed by atoms with Crippen LogP contribution in [0, 0.1) is 6.92 Å². The van der Waals surface area contributed by atoms with Crippen LogP contribution in [0.15, 0.2) is 33.5 Å². The number of phenolic OH excluding ortho intramolecular Hbond substituents is 1. The van der Waals surface area contributed by atoms with Crippen LogP contribution >= 0.6 is 0 Å². The van der Waals surface area contributed by atoms with Gasteiger partial charge in [-0.2, -0.15) is 0 Å². The van der Waals surface area contributed by atoms with Crippen LogP contribution in [0.4, 0.5) is 0 Å². The van der Waals surface area contributed by atoms with Gasteiger partial charge in [0.1, 0.15) is 11.3 Å². The molecule has 0 atom stereocenters.